The molecule has 0 saturated carbocycles. The van der Waals surface area contributed by atoms with Crippen LogP contribution in [0, 0.1) is 0 Å². The van der Waals surface area contributed by atoms with Gasteiger partial charge in [-0.2, -0.15) is 5.10 Å². The summed E-state index contributed by atoms with van der Waals surface area (Å²) in [5.41, 5.74) is 0.815. The summed E-state index contributed by atoms with van der Waals surface area (Å²) in [6, 6.07) is 12.8. The molecule has 1 aliphatic heterocycles. The Morgan fingerprint density at radius 2 is 2.06 bits per heavy atom. The van der Waals surface area contributed by atoms with Crippen LogP contribution in [-0.4, -0.2) is 39.1 Å². The molecular weight excluding hydrogens is 414 g/mol. The van der Waals surface area contributed by atoms with E-state index in [0.29, 0.717) is 18.8 Å². The van der Waals surface area contributed by atoms with Crippen molar-refractivity contribution in [3.8, 4) is 0 Å². The van der Waals surface area contributed by atoms with Gasteiger partial charge in [-0.3, -0.25) is 14.5 Å². The van der Waals surface area contributed by atoms with Gasteiger partial charge < -0.3 is 10.6 Å². The highest BCUT2D eigenvalue weighted by molar-refractivity contribution is 7.09. The van der Waals surface area contributed by atoms with Crippen molar-refractivity contribution in [3.63, 3.8) is 0 Å². The van der Waals surface area contributed by atoms with Crippen LogP contribution in [0.3, 0.4) is 0 Å². The van der Waals surface area contributed by atoms with E-state index in [4.69, 9.17) is 0 Å². The minimum atomic E-state index is -1.08. The van der Waals surface area contributed by atoms with Gasteiger partial charge in [-0.1, -0.05) is 30.3 Å². The Kier molecular flexibility index (Phi) is 4.82. The van der Waals surface area contributed by atoms with Crippen molar-refractivity contribution in [3.05, 3.63) is 70.0 Å². The highest BCUT2D eigenvalue weighted by atomic mass is 32.1. The third kappa shape index (κ3) is 3.40. The van der Waals surface area contributed by atoms with Gasteiger partial charge in [-0.15, -0.1) is 11.3 Å². The Morgan fingerprint density at radius 1 is 1.19 bits per heavy atom. The fraction of sp³-hybridized carbons (Fsp3) is 0.273. The SMILES string of the molecule is O=C(CN1C(=O)NC2(CCCc3ccccc32)C1=O)Nc1ccnn1Cc1cccs1. The zero-order valence-corrected chi connectivity index (χ0v) is 17.5. The molecule has 1 unspecified atom stereocenters. The van der Waals surface area contributed by atoms with Gasteiger partial charge in [0.15, 0.2) is 0 Å². The van der Waals surface area contributed by atoms with Crippen molar-refractivity contribution in [1.82, 2.24) is 20.0 Å². The molecule has 5 rings (SSSR count). The molecular formula is C22H21N5O3S. The Hall–Kier alpha value is -3.46. The molecule has 1 atom stereocenters. The lowest BCUT2D eigenvalue weighted by Gasteiger charge is -2.33. The second kappa shape index (κ2) is 7.66. The number of hydrogen-bond donors (Lipinski definition) is 2. The monoisotopic (exact) mass is 435 g/mol. The molecule has 2 N–H and O–H groups in total. The van der Waals surface area contributed by atoms with Gasteiger partial charge in [0, 0.05) is 10.9 Å². The maximum absolute atomic E-state index is 13.3. The molecule has 4 amide bonds. The van der Waals surface area contributed by atoms with Crippen molar-refractivity contribution in [2.75, 3.05) is 11.9 Å². The van der Waals surface area contributed by atoms with Crippen LogP contribution in [0.15, 0.2) is 54.0 Å². The fourth-order valence-electron chi connectivity index (χ4n) is 4.40. The Bertz CT molecular complexity index is 1160. The number of aromatic nitrogens is 2. The summed E-state index contributed by atoms with van der Waals surface area (Å²) in [6.45, 7) is 0.183. The van der Waals surface area contributed by atoms with Crippen LogP contribution in [-0.2, 0) is 28.1 Å². The summed E-state index contributed by atoms with van der Waals surface area (Å²) < 4.78 is 1.68. The van der Waals surface area contributed by atoms with Crippen molar-refractivity contribution in [2.24, 2.45) is 0 Å². The molecule has 2 aliphatic rings. The first-order chi connectivity index (χ1) is 15.1. The van der Waals surface area contributed by atoms with E-state index < -0.39 is 17.5 Å². The van der Waals surface area contributed by atoms with Crippen molar-refractivity contribution < 1.29 is 14.4 Å². The van der Waals surface area contributed by atoms with Crippen LogP contribution >= 0.6 is 11.3 Å². The van der Waals surface area contributed by atoms with Crippen molar-refractivity contribution in [2.45, 2.75) is 31.3 Å². The van der Waals surface area contributed by atoms with E-state index in [2.05, 4.69) is 15.7 Å². The second-order valence-corrected chi connectivity index (χ2v) is 8.77. The molecule has 2 aromatic heterocycles. The highest BCUT2D eigenvalue weighted by Crippen LogP contribution is 2.39. The smallest absolute Gasteiger partial charge is 0.319 e. The van der Waals surface area contributed by atoms with Gasteiger partial charge in [0.25, 0.3) is 5.91 Å². The number of thiophene rings is 1. The number of carbonyl (C=O) groups is 3. The maximum atomic E-state index is 13.3. The lowest BCUT2D eigenvalue weighted by molar-refractivity contribution is -0.134. The Morgan fingerprint density at radius 3 is 2.90 bits per heavy atom. The minimum absolute atomic E-state index is 0.348. The first-order valence-corrected chi connectivity index (χ1v) is 11.0. The summed E-state index contributed by atoms with van der Waals surface area (Å²) in [7, 11) is 0. The zero-order chi connectivity index (χ0) is 21.4. The molecule has 1 saturated heterocycles. The Labute approximate surface area is 182 Å². The number of rotatable bonds is 5. The normalized spacial score (nSPS) is 20.1. The van der Waals surface area contributed by atoms with Crippen molar-refractivity contribution >= 4 is 35.0 Å². The third-order valence-corrected chi connectivity index (χ3v) is 6.68. The first-order valence-electron chi connectivity index (χ1n) is 10.1. The zero-order valence-electron chi connectivity index (χ0n) is 16.7. The van der Waals surface area contributed by atoms with E-state index in [1.807, 2.05) is 41.8 Å². The van der Waals surface area contributed by atoms with Gasteiger partial charge in [0.2, 0.25) is 5.91 Å². The quantitative estimate of drug-likeness (QED) is 0.603. The van der Waals surface area contributed by atoms with Crippen LogP contribution in [0.2, 0.25) is 0 Å². The van der Waals surface area contributed by atoms with E-state index in [-0.39, 0.29) is 12.5 Å². The highest BCUT2D eigenvalue weighted by Gasteiger charge is 2.54. The average molecular weight is 436 g/mol. The van der Waals surface area contributed by atoms with E-state index in [9.17, 15) is 14.4 Å². The van der Waals surface area contributed by atoms with Crippen molar-refractivity contribution in [1.29, 1.82) is 0 Å². The number of amides is 4. The van der Waals surface area contributed by atoms with E-state index in [1.165, 1.54) is 0 Å². The molecule has 1 aliphatic carbocycles. The molecule has 9 heteroatoms. The number of aryl methyl sites for hydroxylation is 1. The number of urea groups is 1. The number of hydrogen-bond acceptors (Lipinski definition) is 5. The molecule has 158 valence electrons. The topological polar surface area (TPSA) is 96.3 Å². The number of benzene rings is 1. The number of fused-ring (bicyclic) bond motifs is 2. The summed E-state index contributed by atoms with van der Waals surface area (Å²) in [4.78, 5) is 40.8. The van der Waals surface area contributed by atoms with Crippen LogP contribution in [0.25, 0.3) is 0 Å². The summed E-state index contributed by atoms with van der Waals surface area (Å²) in [6.07, 6.45) is 3.80. The summed E-state index contributed by atoms with van der Waals surface area (Å²) in [5, 5.41) is 11.9. The van der Waals surface area contributed by atoms with Gasteiger partial charge in [-0.25, -0.2) is 9.48 Å². The number of nitrogens with zero attached hydrogens (tertiary/aromatic N) is 3. The summed E-state index contributed by atoms with van der Waals surface area (Å²) >= 11 is 1.60. The molecule has 1 fully saturated rings. The fourth-order valence-corrected chi connectivity index (χ4v) is 5.08. The molecule has 3 aromatic rings. The predicted octanol–water partition coefficient (Wildman–Crippen LogP) is 2.72. The van der Waals surface area contributed by atoms with Gasteiger partial charge >= 0.3 is 6.03 Å². The molecule has 31 heavy (non-hydrogen) atoms. The molecule has 1 spiro atoms. The molecule has 8 nitrogen and oxygen atoms in total. The molecule has 1 aromatic carbocycles. The predicted molar refractivity (Wildman–Crippen MR) is 116 cm³/mol. The summed E-state index contributed by atoms with van der Waals surface area (Å²) in [5.74, 6) is -0.298. The largest absolute Gasteiger partial charge is 0.325 e. The number of anilines is 1. The van der Waals surface area contributed by atoms with E-state index in [1.54, 1.807) is 28.3 Å². The van der Waals surface area contributed by atoms with E-state index in [0.717, 1.165) is 33.7 Å². The van der Waals surface area contributed by atoms with Crippen LogP contribution in [0.1, 0.15) is 28.8 Å². The molecule has 0 bridgehead atoms. The van der Waals surface area contributed by atoms with Crippen LogP contribution < -0.4 is 10.6 Å². The second-order valence-electron chi connectivity index (χ2n) is 7.74. The van der Waals surface area contributed by atoms with Crippen LogP contribution in [0.4, 0.5) is 10.6 Å². The van der Waals surface area contributed by atoms with Crippen LogP contribution in [0.5, 0.6) is 0 Å². The standard InChI is InChI=1S/C22H21N5O3S/c28-19(24-18-9-11-23-27(18)13-16-7-4-12-31-16)14-26-20(29)22(25-21(26)30)10-3-6-15-5-1-2-8-17(15)22/h1-2,4-5,7-9,11-12H,3,6,10,13-14H2,(H,24,28)(H,25,30). The molecule has 0 radical (unpaired) electrons. The average Bonchev–Trinajstić information content (AvgIpc) is 3.48. The number of nitrogens with one attached hydrogen (secondary N) is 2. The van der Waals surface area contributed by atoms with E-state index >= 15 is 0 Å². The third-order valence-electron chi connectivity index (χ3n) is 5.82. The first kappa shape index (κ1) is 19.5. The lowest BCUT2D eigenvalue weighted by Crippen LogP contribution is -2.47. The number of imide groups is 1. The Balaban J connectivity index is 1.32. The van der Waals surface area contributed by atoms with Gasteiger partial charge in [-0.05, 0) is 41.8 Å². The minimum Gasteiger partial charge on any atom is -0.319 e. The lowest BCUT2D eigenvalue weighted by atomic mass is 9.76. The maximum Gasteiger partial charge on any atom is 0.325 e. The number of carbonyl (C=O) groups excluding carboxylic acids is 3. The van der Waals surface area contributed by atoms with Gasteiger partial charge in [0.05, 0.1) is 12.7 Å². The van der Waals surface area contributed by atoms with Gasteiger partial charge in [0.1, 0.15) is 17.9 Å². The molecule has 3 heterocycles.